The fourth-order valence-electron chi connectivity index (χ4n) is 1.89. The van der Waals surface area contributed by atoms with E-state index in [1.807, 2.05) is 0 Å². The average Bonchev–Trinajstić information content (AvgIpc) is 2.30. The lowest BCUT2D eigenvalue weighted by atomic mass is 10.1. The van der Waals surface area contributed by atoms with Crippen LogP contribution >= 0.6 is 0 Å². The van der Waals surface area contributed by atoms with Gasteiger partial charge in [0.15, 0.2) is 0 Å². The average molecular weight is 205 g/mol. The molecule has 1 aliphatic rings. The smallest absolute Gasteiger partial charge is 0.0447 e. The van der Waals surface area contributed by atoms with Crippen molar-refractivity contribution in [3.63, 3.8) is 0 Å². The summed E-state index contributed by atoms with van der Waals surface area (Å²) in [5.74, 6) is 0. The lowest BCUT2D eigenvalue weighted by molar-refractivity contribution is 0.430. The summed E-state index contributed by atoms with van der Waals surface area (Å²) in [7, 11) is 4.13. The standard InChI is InChI=1S/C12H19N3/c1-15(2)11-5-3-10(4-6-11)12-9-13-7-8-14-12/h3-6,12-14H,7-9H2,1-2H3. The van der Waals surface area contributed by atoms with Gasteiger partial charge >= 0.3 is 0 Å². The molecule has 3 heteroatoms. The monoisotopic (exact) mass is 205 g/mol. The van der Waals surface area contributed by atoms with E-state index < -0.39 is 0 Å². The number of piperazine rings is 1. The molecular weight excluding hydrogens is 186 g/mol. The molecule has 82 valence electrons. The second-order valence-corrected chi connectivity index (χ2v) is 4.20. The lowest BCUT2D eigenvalue weighted by Crippen LogP contribution is -2.42. The predicted molar refractivity (Wildman–Crippen MR) is 64.4 cm³/mol. The molecule has 1 heterocycles. The van der Waals surface area contributed by atoms with Crippen LogP contribution < -0.4 is 15.5 Å². The number of anilines is 1. The Labute approximate surface area is 91.5 Å². The Morgan fingerprint density at radius 3 is 2.40 bits per heavy atom. The zero-order valence-corrected chi connectivity index (χ0v) is 9.46. The van der Waals surface area contributed by atoms with Gasteiger partial charge in [-0.15, -0.1) is 0 Å². The van der Waals surface area contributed by atoms with Gasteiger partial charge in [-0.05, 0) is 17.7 Å². The Kier molecular flexibility index (Phi) is 3.23. The highest BCUT2D eigenvalue weighted by Crippen LogP contribution is 2.18. The van der Waals surface area contributed by atoms with Crippen LogP contribution in [-0.4, -0.2) is 33.7 Å². The van der Waals surface area contributed by atoms with Crippen LogP contribution in [0.1, 0.15) is 11.6 Å². The zero-order valence-electron chi connectivity index (χ0n) is 9.46. The van der Waals surface area contributed by atoms with Crippen LogP contribution in [0.5, 0.6) is 0 Å². The minimum Gasteiger partial charge on any atom is -0.378 e. The number of hydrogen-bond acceptors (Lipinski definition) is 3. The zero-order chi connectivity index (χ0) is 10.7. The van der Waals surface area contributed by atoms with Crippen LogP contribution in [0.15, 0.2) is 24.3 Å². The highest BCUT2D eigenvalue weighted by atomic mass is 15.1. The summed E-state index contributed by atoms with van der Waals surface area (Å²) in [6.07, 6.45) is 0. The van der Waals surface area contributed by atoms with E-state index in [2.05, 4.69) is 53.9 Å². The van der Waals surface area contributed by atoms with Gasteiger partial charge in [0.05, 0.1) is 0 Å². The first-order valence-corrected chi connectivity index (χ1v) is 5.49. The summed E-state index contributed by atoms with van der Waals surface area (Å²) < 4.78 is 0. The number of hydrogen-bond donors (Lipinski definition) is 2. The summed E-state index contributed by atoms with van der Waals surface area (Å²) in [5, 5.41) is 6.91. The van der Waals surface area contributed by atoms with Crippen molar-refractivity contribution in [2.75, 3.05) is 38.6 Å². The molecule has 2 rings (SSSR count). The predicted octanol–water partition coefficient (Wildman–Crippen LogP) is 0.986. The molecule has 0 radical (unpaired) electrons. The molecule has 0 amide bonds. The largest absolute Gasteiger partial charge is 0.378 e. The maximum Gasteiger partial charge on any atom is 0.0447 e. The Hall–Kier alpha value is -1.06. The Morgan fingerprint density at radius 2 is 1.87 bits per heavy atom. The van der Waals surface area contributed by atoms with Crippen molar-refractivity contribution in [2.24, 2.45) is 0 Å². The molecule has 3 nitrogen and oxygen atoms in total. The Balaban J connectivity index is 2.08. The Morgan fingerprint density at radius 1 is 1.13 bits per heavy atom. The maximum atomic E-state index is 3.51. The minimum atomic E-state index is 0.468. The van der Waals surface area contributed by atoms with Crippen LogP contribution in [0.2, 0.25) is 0 Å². The molecule has 1 saturated heterocycles. The molecule has 1 aliphatic heterocycles. The molecule has 0 spiro atoms. The minimum absolute atomic E-state index is 0.468. The number of rotatable bonds is 2. The first-order chi connectivity index (χ1) is 7.27. The van der Waals surface area contributed by atoms with Crippen molar-refractivity contribution in [2.45, 2.75) is 6.04 Å². The van der Waals surface area contributed by atoms with E-state index >= 15 is 0 Å². The fourth-order valence-corrected chi connectivity index (χ4v) is 1.89. The van der Waals surface area contributed by atoms with E-state index in [1.54, 1.807) is 0 Å². The second kappa shape index (κ2) is 4.64. The molecule has 2 N–H and O–H groups in total. The third kappa shape index (κ3) is 2.49. The molecule has 0 bridgehead atoms. The van der Waals surface area contributed by atoms with Crippen molar-refractivity contribution in [3.8, 4) is 0 Å². The van der Waals surface area contributed by atoms with Gasteiger partial charge < -0.3 is 15.5 Å². The summed E-state index contributed by atoms with van der Waals surface area (Å²) in [4.78, 5) is 2.12. The van der Waals surface area contributed by atoms with E-state index in [9.17, 15) is 0 Å². The maximum absolute atomic E-state index is 3.51. The van der Waals surface area contributed by atoms with Gasteiger partial charge in [-0.3, -0.25) is 0 Å². The molecule has 0 aliphatic carbocycles. The van der Waals surface area contributed by atoms with Gasteiger partial charge in [-0.25, -0.2) is 0 Å². The van der Waals surface area contributed by atoms with E-state index in [0.717, 1.165) is 19.6 Å². The van der Waals surface area contributed by atoms with Crippen molar-refractivity contribution < 1.29 is 0 Å². The van der Waals surface area contributed by atoms with Crippen molar-refractivity contribution in [1.82, 2.24) is 10.6 Å². The molecule has 1 aromatic carbocycles. The normalized spacial score (nSPS) is 21.3. The third-order valence-electron chi connectivity index (χ3n) is 2.85. The number of nitrogens with one attached hydrogen (secondary N) is 2. The Bertz CT molecular complexity index is 299. The van der Waals surface area contributed by atoms with Crippen LogP contribution in [0.3, 0.4) is 0 Å². The van der Waals surface area contributed by atoms with Crippen molar-refractivity contribution in [1.29, 1.82) is 0 Å². The summed E-state index contributed by atoms with van der Waals surface area (Å²) in [5.41, 5.74) is 2.62. The summed E-state index contributed by atoms with van der Waals surface area (Å²) in [6, 6.07) is 9.23. The van der Waals surface area contributed by atoms with Gasteiger partial charge in [0.1, 0.15) is 0 Å². The molecule has 15 heavy (non-hydrogen) atoms. The van der Waals surface area contributed by atoms with E-state index in [1.165, 1.54) is 11.3 Å². The quantitative estimate of drug-likeness (QED) is 0.754. The van der Waals surface area contributed by atoms with Crippen LogP contribution in [0.25, 0.3) is 0 Å². The lowest BCUT2D eigenvalue weighted by Gasteiger charge is -2.25. The molecule has 1 fully saturated rings. The topological polar surface area (TPSA) is 27.3 Å². The highest BCUT2D eigenvalue weighted by molar-refractivity contribution is 5.46. The van der Waals surface area contributed by atoms with E-state index in [0.29, 0.717) is 6.04 Å². The van der Waals surface area contributed by atoms with Gasteiger partial charge in [-0.2, -0.15) is 0 Å². The molecule has 1 aromatic rings. The van der Waals surface area contributed by atoms with E-state index in [4.69, 9.17) is 0 Å². The van der Waals surface area contributed by atoms with Crippen molar-refractivity contribution in [3.05, 3.63) is 29.8 Å². The van der Waals surface area contributed by atoms with Crippen LogP contribution in [-0.2, 0) is 0 Å². The first-order valence-electron chi connectivity index (χ1n) is 5.49. The van der Waals surface area contributed by atoms with Crippen LogP contribution in [0, 0.1) is 0 Å². The first kappa shape index (κ1) is 10.5. The van der Waals surface area contributed by atoms with Crippen molar-refractivity contribution >= 4 is 5.69 Å². The molecular formula is C12H19N3. The van der Waals surface area contributed by atoms with Crippen LogP contribution in [0.4, 0.5) is 5.69 Å². The second-order valence-electron chi connectivity index (χ2n) is 4.20. The SMILES string of the molecule is CN(C)c1ccc(C2CNCCN2)cc1. The van der Waals surface area contributed by atoms with Gasteiger partial charge in [0.2, 0.25) is 0 Å². The van der Waals surface area contributed by atoms with Gasteiger partial charge in [0.25, 0.3) is 0 Å². The summed E-state index contributed by atoms with van der Waals surface area (Å²) in [6.45, 7) is 3.16. The molecule has 1 unspecified atom stereocenters. The fraction of sp³-hybridized carbons (Fsp3) is 0.500. The highest BCUT2D eigenvalue weighted by Gasteiger charge is 2.13. The molecule has 0 aromatic heterocycles. The summed E-state index contributed by atoms with van der Waals surface area (Å²) >= 11 is 0. The molecule has 1 atom stereocenters. The number of benzene rings is 1. The van der Waals surface area contributed by atoms with Gasteiger partial charge in [0, 0.05) is 45.5 Å². The van der Waals surface area contributed by atoms with Gasteiger partial charge in [-0.1, -0.05) is 12.1 Å². The third-order valence-corrected chi connectivity index (χ3v) is 2.85. The number of nitrogens with zero attached hydrogens (tertiary/aromatic N) is 1. The van der Waals surface area contributed by atoms with E-state index in [-0.39, 0.29) is 0 Å². The molecule has 0 saturated carbocycles.